The van der Waals surface area contributed by atoms with E-state index in [2.05, 4.69) is 4.74 Å². The van der Waals surface area contributed by atoms with E-state index in [1.165, 1.54) is 20.3 Å². The zero-order valence-electron chi connectivity index (χ0n) is 9.67. The van der Waals surface area contributed by atoms with E-state index in [9.17, 15) is 9.90 Å². The first-order chi connectivity index (χ1) is 7.60. The van der Waals surface area contributed by atoms with E-state index in [1.54, 1.807) is 12.1 Å². The predicted octanol–water partition coefficient (Wildman–Crippen LogP) is 1.13. The number of phenols is 1. The molecule has 0 bridgehead atoms. The van der Waals surface area contributed by atoms with Crippen molar-refractivity contribution in [3.63, 3.8) is 0 Å². The summed E-state index contributed by atoms with van der Waals surface area (Å²) in [5.41, 5.74) is 6.83. The van der Waals surface area contributed by atoms with E-state index >= 15 is 0 Å². The molecule has 0 fully saturated rings. The predicted molar refractivity (Wildman–Crippen MR) is 65.0 cm³/mol. The molecule has 0 amide bonds. The summed E-state index contributed by atoms with van der Waals surface area (Å²) in [6.07, 6.45) is 0. The molecule has 96 valence electrons. The van der Waals surface area contributed by atoms with Crippen molar-refractivity contribution in [1.29, 1.82) is 0 Å². The molecule has 1 aromatic carbocycles. The number of ether oxygens (including phenoxy) is 2. The van der Waals surface area contributed by atoms with E-state index in [0.717, 1.165) is 0 Å². The van der Waals surface area contributed by atoms with Crippen molar-refractivity contribution in [2.75, 3.05) is 14.2 Å². The van der Waals surface area contributed by atoms with Gasteiger partial charge in [0.1, 0.15) is 11.8 Å². The number of halogens is 1. The molecule has 0 heterocycles. The maximum absolute atomic E-state index is 11.2. The van der Waals surface area contributed by atoms with Gasteiger partial charge in [-0.2, -0.15) is 0 Å². The first-order valence-corrected chi connectivity index (χ1v) is 4.74. The second-order valence-electron chi connectivity index (χ2n) is 3.32. The molecular formula is C11H16ClNO4. The number of hydrogen-bond donors (Lipinski definition) is 2. The number of methoxy groups -OCH3 is 2. The summed E-state index contributed by atoms with van der Waals surface area (Å²) in [6, 6.07) is 3.84. The highest BCUT2D eigenvalue weighted by Gasteiger charge is 2.17. The van der Waals surface area contributed by atoms with Crippen molar-refractivity contribution < 1.29 is 19.4 Å². The molecular weight excluding hydrogens is 246 g/mol. The van der Waals surface area contributed by atoms with Crippen molar-refractivity contribution in [2.24, 2.45) is 5.73 Å². The quantitative estimate of drug-likeness (QED) is 0.794. The molecule has 6 heteroatoms. The van der Waals surface area contributed by atoms with E-state index in [-0.39, 0.29) is 24.8 Å². The van der Waals surface area contributed by atoms with Crippen molar-refractivity contribution in [3.05, 3.63) is 29.3 Å². The normalized spacial score (nSPS) is 11.5. The monoisotopic (exact) mass is 261 g/mol. The average molecular weight is 262 g/mol. The highest BCUT2D eigenvalue weighted by molar-refractivity contribution is 5.85. The summed E-state index contributed by atoms with van der Waals surface area (Å²) < 4.78 is 9.45. The van der Waals surface area contributed by atoms with Crippen LogP contribution in [0.2, 0.25) is 0 Å². The lowest BCUT2D eigenvalue weighted by Crippen LogP contribution is -2.22. The number of aromatic hydroxyl groups is 1. The minimum Gasteiger partial charge on any atom is -0.508 e. The fourth-order valence-electron chi connectivity index (χ4n) is 1.33. The maximum Gasteiger partial charge on any atom is 0.327 e. The maximum atomic E-state index is 11.2. The summed E-state index contributed by atoms with van der Waals surface area (Å²) in [4.78, 5) is 11.2. The number of hydrogen-bond acceptors (Lipinski definition) is 5. The number of benzene rings is 1. The summed E-state index contributed by atoms with van der Waals surface area (Å²) in [5, 5.41) is 9.51. The van der Waals surface area contributed by atoms with Gasteiger partial charge in [0.05, 0.1) is 13.7 Å². The lowest BCUT2D eigenvalue weighted by atomic mass is 10.0. The molecule has 5 nitrogen and oxygen atoms in total. The Morgan fingerprint density at radius 3 is 2.65 bits per heavy atom. The molecule has 0 saturated carbocycles. The van der Waals surface area contributed by atoms with Crippen LogP contribution in [0.4, 0.5) is 0 Å². The van der Waals surface area contributed by atoms with Gasteiger partial charge in [-0.15, -0.1) is 12.4 Å². The summed E-state index contributed by atoms with van der Waals surface area (Å²) >= 11 is 0. The average Bonchev–Trinajstić information content (AvgIpc) is 2.30. The number of carbonyl (C=O) groups excluding carboxylic acids is 1. The molecule has 0 aliphatic rings. The Balaban J connectivity index is 0.00000256. The Morgan fingerprint density at radius 1 is 1.47 bits per heavy atom. The van der Waals surface area contributed by atoms with Crippen LogP contribution in [0.25, 0.3) is 0 Å². The zero-order chi connectivity index (χ0) is 12.1. The van der Waals surface area contributed by atoms with Crippen LogP contribution in [-0.4, -0.2) is 25.3 Å². The number of nitrogens with two attached hydrogens (primary N) is 1. The van der Waals surface area contributed by atoms with Gasteiger partial charge in [0.15, 0.2) is 0 Å². The fraction of sp³-hybridized carbons (Fsp3) is 0.364. The minimum atomic E-state index is -0.846. The number of rotatable bonds is 4. The van der Waals surface area contributed by atoms with Gasteiger partial charge >= 0.3 is 5.97 Å². The zero-order valence-corrected chi connectivity index (χ0v) is 10.5. The summed E-state index contributed by atoms with van der Waals surface area (Å²) in [6.45, 7) is 0.258. The van der Waals surface area contributed by atoms with Crippen molar-refractivity contribution >= 4 is 18.4 Å². The fourth-order valence-corrected chi connectivity index (χ4v) is 1.33. The highest BCUT2D eigenvalue weighted by atomic mass is 35.5. The number of carbonyl (C=O) groups is 1. The van der Waals surface area contributed by atoms with Crippen molar-refractivity contribution in [2.45, 2.75) is 12.6 Å². The van der Waals surface area contributed by atoms with E-state index < -0.39 is 12.0 Å². The first kappa shape index (κ1) is 15.7. The first-order valence-electron chi connectivity index (χ1n) is 4.74. The Hall–Kier alpha value is -1.30. The van der Waals surface area contributed by atoms with E-state index in [4.69, 9.17) is 10.5 Å². The van der Waals surface area contributed by atoms with Crippen molar-refractivity contribution in [1.82, 2.24) is 0 Å². The highest BCUT2D eigenvalue weighted by Crippen LogP contribution is 2.22. The van der Waals surface area contributed by atoms with Gasteiger partial charge in [0.2, 0.25) is 0 Å². The molecule has 1 unspecified atom stereocenters. The van der Waals surface area contributed by atoms with Gasteiger partial charge in [0.25, 0.3) is 0 Å². The van der Waals surface area contributed by atoms with Crippen LogP contribution in [-0.2, 0) is 20.9 Å². The van der Waals surface area contributed by atoms with Crippen LogP contribution in [0.5, 0.6) is 5.75 Å². The smallest absolute Gasteiger partial charge is 0.327 e. The standard InChI is InChI=1S/C11H15NO4.ClH/c1-15-6-8-5-7(3-4-9(8)13)10(12)11(14)16-2;/h3-5,10,13H,6,12H2,1-2H3;1H. The van der Waals surface area contributed by atoms with Crippen LogP contribution < -0.4 is 5.73 Å². The molecule has 1 atom stereocenters. The molecule has 0 saturated heterocycles. The SMILES string of the molecule is COCc1cc(C(N)C(=O)OC)ccc1O.Cl. The molecule has 0 aromatic heterocycles. The molecule has 0 radical (unpaired) electrons. The second-order valence-corrected chi connectivity index (χ2v) is 3.32. The van der Waals surface area contributed by atoms with E-state index in [1.807, 2.05) is 0 Å². The van der Waals surface area contributed by atoms with Gasteiger partial charge in [-0.1, -0.05) is 6.07 Å². The Labute approximate surface area is 106 Å². The van der Waals surface area contributed by atoms with E-state index in [0.29, 0.717) is 11.1 Å². The number of phenolic OH excluding ortho intramolecular Hbond substituents is 1. The van der Waals surface area contributed by atoms with Gasteiger partial charge in [-0.3, -0.25) is 4.79 Å². The second kappa shape index (κ2) is 7.11. The Kier molecular flexibility index (Phi) is 6.57. The van der Waals surface area contributed by atoms with Crippen LogP contribution in [0.1, 0.15) is 17.2 Å². The topological polar surface area (TPSA) is 81.8 Å². The molecule has 0 aliphatic carbocycles. The Bertz CT molecular complexity index is 384. The summed E-state index contributed by atoms with van der Waals surface area (Å²) in [5.74, 6) is -0.406. The molecule has 1 aromatic rings. The van der Waals surface area contributed by atoms with Gasteiger partial charge < -0.3 is 20.3 Å². The third kappa shape index (κ3) is 3.89. The van der Waals surface area contributed by atoms with Crippen LogP contribution in [0.15, 0.2) is 18.2 Å². The van der Waals surface area contributed by atoms with Crippen molar-refractivity contribution in [3.8, 4) is 5.75 Å². The largest absolute Gasteiger partial charge is 0.508 e. The summed E-state index contributed by atoms with van der Waals surface area (Å²) in [7, 11) is 2.80. The lowest BCUT2D eigenvalue weighted by molar-refractivity contribution is -0.142. The van der Waals surface area contributed by atoms with Crippen LogP contribution >= 0.6 is 12.4 Å². The van der Waals surface area contributed by atoms with Crippen LogP contribution in [0, 0.1) is 0 Å². The van der Waals surface area contributed by atoms with Crippen LogP contribution in [0.3, 0.4) is 0 Å². The molecule has 1 rings (SSSR count). The number of esters is 1. The van der Waals surface area contributed by atoms with Gasteiger partial charge in [-0.05, 0) is 17.7 Å². The minimum absolute atomic E-state index is 0. The molecule has 0 aliphatic heterocycles. The lowest BCUT2D eigenvalue weighted by Gasteiger charge is -2.11. The van der Waals surface area contributed by atoms with Gasteiger partial charge in [-0.25, -0.2) is 0 Å². The molecule has 17 heavy (non-hydrogen) atoms. The third-order valence-electron chi connectivity index (χ3n) is 2.22. The molecule has 0 spiro atoms. The van der Waals surface area contributed by atoms with Gasteiger partial charge in [0, 0.05) is 12.7 Å². The Morgan fingerprint density at radius 2 is 2.12 bits per heavy atom. The molecule has 3 N–H and O–H groups in total. The third-order valence-corrected chi connectivity index (χ3v) is 2.22.